The van der Waals surface area contributed by atoms with E-state index in [4.69, 9.17) is 4.74 Å². The number of hydrogen-bond acceptors (Lipinski definition) is 2. The first-order chi connectivity index (χ1) is 9.37. The number of amides is 1. The predicted octanol–water partition coefficient (Wildman–Crippen LogP) is 3.63. The molecular weight excluding hydrogens is 339 g/mol. The van der Waals surface area contributed by atoms with Gasteiger partial charge in [-0.3, -0.25) is 4.79 Å². The molecule has 110 valence electrons. The van der Waals surface area contributed by atoms with Gasteiger partial charge in [-0.15, -0.1) is 0 Å². The Bertz CT molecular complexity index is 499. The van der Waals surface area contributed by atoms with Crippen molar-refractivity contribution >= 4 is 21.8 Å². The van der Waals surface area contributed by atoms with Crippen molar-refractivity contribution in [1.29, 1.82) is 0 Å². The SMILES string of the molecule is O=C(c1cc(Br)ccc1OCC(F)(F)F)N1CCCC1. The van der Waals surface area contributed by atoms with E-state index in [0.29, 0.717) is 17.6 Å². The van der Waals surface area contributed by atoms with Gasteiger partial charge in [0.25, 0.3) is 5.91 Å². The van der Waals surface area contributed by atoms with Crippen LogP contribution in [0.1, 0.15) is 23.2 Å². The highest BCUT2D eigenvalue weighted by Crippen LogP contribution is 2.27. The zero-order valence-electron chi connectivity index (χ0n) is 10.5. The summed E-state index contributed by atoms with van der Waals surface area (Å²) in [6, 6.07) is 4.41. The van der Waals surface area contributed by atoms with Crippen LogP contribution in [0, 0.1) is 0 Å². The molecular formula is C13H13BrF3NO2. The van der Waals surface area contributed by atoms with Crippen LogP contribution in [0.3, 0.4) is 0 Å². The number of rotatable bonds is 3. The summed E-state index contributed by atoms with van der Waals surface area (Å²) in [6.45, 7) is -0.150. The van der Waals surface area contributed by atoms with Gasteiger partial charge in [0.05, 0.1) is 5.56 Å². The molecule has 1 aliphatic rings. The fourth-order valence-electron chi connectivity index (χ4n) is 2.05. The molecule has 2 rings (SSSR count). The van der Waals surface area contributed by atoms with Crippen LogP contribution in [0.15, 0.2) is 22.7 Å². The topological polar surface area (TPSA) is 29.5 Å². The Morgan fingerprint density at radius 3 is 2.55 bits per heavy atom. The Morgan fingerprint density at radius 1 is 1.30 bits per heavy atom. The van der Waals surface area contributed by atoms with Crippen LogP contribution in [-0.2, 0) is 0 Å². The molecule has 0 aromatic heterocycles. The molecule has 1 fully saturated rings. The second-order valence-corrected chi connectivity index (χ2v) is 5.46. The second kappa shape index (κ2) is 6.03. The molecule has 1 aromatic rings. The Morgan fingerprint density at radius 2 is 1.95 bits per heavy atom. The molecule has 7 heteroatoms. The molecule has 0 radical (unpaired) electrons. The van der Waals surface area contributed by atoms with E-state index in [2.05, 4.69) is 15.9 Å². The fraction of sp³-hybridized carbons (Fsp3) is 0.462. The summed E-state index contributed by atoms with van der Waals surface area (Å²) in [5.74, 6) is -0.330. The van der Waals surface area contributed by atoms with E-state index in [1.54, 1.807) is 11.0 Å². The Balaban J connectivity index is 2.21. The van der Waals surface area contributed by atoms with Crippen LogP contribution in [0.25, 0.3) is 0 Å². The van der Waals surface area contributed by atoms with Crippen molar-refractivity contribution in [2.75, 3.05) is 19.7 Å². The van der Waals surface area contributed by atoms with Crippen molar-refractivity contribution in [1.82, 2.24) is 4.90 Å². The minimum Gasteiger partial charge on any atom is -0.483 e. The quantitative estimate of drug-likeness (QED) is 0.832. The largest absolute Gasteiger partial charge is 0.483 e. The molecule has 0 atom stereocenters. The lowest BCUT2D eigenvalue weighted by atomic mass is 10.2. The molecule has 0 aliphatic carbocycles. The molecule has 0 unspecified atom stereocenters. The highest BCUT2D eigenvalue weighted by molar-refractivity contribution is 9.10. The van der Waals surface area contributed by atoms with E-state index in [-0.39, 0.29) is 17.2 Å². The third-order valence-corrected chi connectivity index (χ3v) is 3.45. The third-order valence-electron chi connectivity index (χ3n) is 2.96. The molecule has 1 saturated heterocycles. The first-order valence-corrected chi connectivity index (χ1v) is 6.94. The summed E-state index contributed by atoms with van der Waals surface area (Å²) in [7, 11) is 0. The predicted molar refractivity (Wildman–Crippen MR) is 70.8 cm³/mol. The molecule has 0 bridgehead atoms. The number of ether oxygens (including phenoxy) is 1. The van der Waals surface area contributed by atoms with Crippen molar-refractivity contribution in [3.63, 3.8) is 0 Å². The number of likely N-dealkylation sites (tertiary alicyclic amines) is 1. The second-order valence-electron chi connectivity index (χ2n) is 4.54. The van der Waals surface area contributed by atoms with Crippen molar-refractivity contribution < 1.29 is 22.7 Å². The zero-order valence-corrected chi connectivity index (χ0v) is 12.1. The summed E-state index contributed by atoms with van der Waals surface area (Å²) in [6.07, 6.45) is -2.60. The number of benzene rings is 1. The van der Waals surface area contributed by atoms with Crippen LogP contribution < -0.4 is 4.74 Å². The lowest BCUT2D eigenvalue weighted by Crippen LogP contribution is -2.28. The normalized spacial score (nSPS) is 15.5. The van der Waals surface area contributed by atoms with E-state index in [9.17, 15) is 18.0 Å². The van der Waals surface area contributed by atoms with Crippen LogP contribution in [-0.4, -0.2) is 36.7 Å². The smallest absolute Gasteiger partial charge is 0.422 e. The molecule has 20 heavy (non-hydrogen) atoms. The number of carbonyl (C=O) groups excluding carboxylic acids is 1. The summed E-state index contributed by atoms with van der Waals surface area (Å²) < 4.78 is 42.0. The summed E-state index contributed by atoms with van der Waals surface area (Å²) >= 11 is 3.22. The Hall–Kier alpha value is -1.24. The minimum atomic E-state index is -4.43. The lowest BCUT2D eigenvalue weighted by molar-refractivity contribution is -0.153. The Kier molecular flexibility index (Phi) is 4.57. The van der Waals surface area contributed by atoms with Gasteiger partial charge in [-0.2, -0.15) is 13.2 Å². The molecule has 0 spiro atoms. The van der Waals surface area contributed by atoms with Gasteiger partial charge in [-0.1, -0.05) is 15.9 Å². The number of nitrogens with zero attached hydrogens (tertiary/aromatic N) is 1. The van der Waals surface area contributed by atoms with Crippen molar-refractivity contribution in [2.45, 2.75) is 19.0 Å². The molecule has 0 N–H and O–H groups in total. The number of halogens is 4. The van der Waals surface area contributed by atoms with E-state index < -0.39 is 12.8 Å². The average molecular weight is 352 g/mol. The third kappa shape index (κ3) is 3.88. The lowest BCUT2D eigenvalue weighted by Gasteiger charge is -2.18. The highest BCUT2D eigenvalue weighted by atomic mass is 79.9. The number of alkyl halides is 3. The minimum absolute atomic E-state index is 0.0394. The summed E-state index contributed by atoms with van der Waals surface area (Å²) in [4.78, 5) is 13.9. The van der Waals surface area contributed by atoms with Gasteiger partial charge in [-0.25, -0.2) is 0 Å². The monoisotopic (exact) mass is 351 g/mol. The van der Waals surface area contributed by atoms with Crippen LogP contribution in [0.2, 0.25) is 0 Å². The average Bonchev–Trinajstić information content (AvgIpc) is 2.89. The molecule has 1 aromatic carbocycles. The first kappa shape index (κ1) is 15.2. The van der Waals surface area contributed by atoms with Gasteiger partial charge in [0.2, 0.25) is 0 Å². The van der Waals surface area contributed by atoms with Crippen molar-refractivity contribution in [2.24, 2.45) is 0 Å². The summed E-state index contributed by atoms with van der Waals surface area (Å²) in [5.41, 5.74) is 0.158. The maximum atomic E-state index is 12.3. The van der Waals surface area contributed by atoms with E-state index in [0.717, 1.165) is 12.8 Å². The molecule has 1 heterocycles. The first-order valence-electron chi connectivity index (χ1n) is 6.15. The van der Waals surface area contributed by atoms with Crippen LogP contribution in [0.5, 0.6) is 5.75 Å². The van der Waals surface area contributed by atoms with Gasteiger partial charge in [-0.05, 0) is 31.0 Å². The molecule has 3 nitrogen and oxygen atoms in total. The Labute approximate surface area is 122 Å². The van der Waals surface area contributed by atoms with Gasteiger partial charge in [0.15, 0.2) is 6.61 Å². The van der Waals surface area contributed by atoms with Gasteiger partial charge in [0, 0.05) is 17.6 Å². The van der Waals surface area contributed by atoms with Crippen LogP contribution >= 0.6 is 15.9 Å². The van der Waals surface area contributed by atoms with E-state index in [1.807, 2.05) is 0 Å². The summed E-state index contributed by atoms with van der Waals surface area (Å²) in [5, 5.41) is 0. The fourth-order valence-corrected chi connectivity index (χ4v) is 2.41. The maximum Gasteiger partial charge on any atom is 0.422 e. The standard InChI is InChI=1S/C13H13BrF3NO2/c14-9-3-4-11(20-8-13(15,16)17)10(7-9)12(19)18-5-1-2-6-18/h3-4,7H,1-2,5-6,8H2. The van der Waals surface area contributed by atoms with E-state index >= 15 is 0 Å². The zero-order chi connectivity index (χ0) is 14.8. The maximum absolute atomic E-state index is 12.3. The highest BCUT2D eigenvalue weighted by Gasteiger charge is 2.30. The van der Waals surface area contributed by atoms with Gasteiger partial charge < -0.3 is 9.64 Å². The van der Waals surface area contributed by atoms with Crippen molar-refractivity contribution in [3.05, 3.63) is 28.2 Å². The molecule has 1 amide bonds. The molecule has 1 aliphatic heterocycles. The van der Waals surface area contributed by atoms with Gasteiger partial charge >= 0.3 is 6.18 Å². The van der Waals surface area contributed by atoms with E-state index in [1.165, 1.54) is 12.1 Å². The number of carbonyl (C=O) groups is 1. The van der Waals surface area contributed by atoms with Crippen molar-refractivity contribution in [3.8, 4) is 5.75 Å². The molecule has 0 saturated carbocycles. The van der Waals surface area contributed by atoms with Gasteiger partial charge in [0.1, 0.15) is 5.75 Å². The van der Waals surface area contributed by atoms with Crippen LogP contribution in [0.4, 0.5) is 13.2 Å². The number of hydrogen-bond donors (Lipinski definition) is 0.